The van der Waals surface area contributed by atoms with Crippen LogP contribution < -0.4 is 5.32 Å². The van der Waals surface area contributed by atoms with E-state index in [4.69, 9.17) is 0 Å². The summed E-state index contributed by atoms with van der Waals surface area (Å²) in [5.74, 6) is -0.346. The first kappa shape index (κ1) is 17.1. The highest BCUT2D eigenvalue weighted by Gasteiger charge is 2.21. The van der Waals surface area contributed by atoms with Crippen LogP contribution in [0.4, 0.5) is 5.69 Å². The SMILES string of the molecule is Cc1ccccc1NC(=O)c1cncc(C(=O)N2CCN(C)CC2)c1. The normalized spacial score (nSPS) is 15.0. The van der Waals surface area contributed by atoms with Crippen molar-refractivity contribution in [2.45, 2.75) is 6.92 Å². The molecule has 1 aliphatic heterocycles. The molecule has 25 heavy (non-hydrogen) atoms. The molecule has 0 spiro atoms. The van der Waals surface area contributed by atoms with Crippen LogP contribution >= 0.6 is 0 Å². The molecule has 0 unspecified atom stereocenters. The molecule has 0 radical (unpaired) electrons. The lowest BCUT2D eigenvalue weighted by atomic mass is 10.1. The Bertz CT molecular complexity index is 782. The third kappa shape index (κ3) is 4.03. The molecule has 6 heteroatoms. The van der Waals surface area contributed by atoms with Gasteiger partial charge in [0.25, 0.3) is 11.8 Å². The van der Waals surface area contributed by atoms with E-state index in [-0.39, 0.29) is 11.8 Å². The number of hydrogen-bond acceptors (Lipinski definition) is 4. The minimum absolute atomic E-state index is 0.0776. The lowest BCUT2D eigenvalue weighted by molar-refractivity contribution is 0.0663. The van der Waals surface area contributed by atoms with Crippen molar-refractivity contribution in [3.63, 3.8) is 0 Å². The molecule has 2 amide bonds. The number of pyridine rings is 1. The van der Waals surface area contributed by atoms with Crippen LogP contribution in [-0.4, -0.2) is 59.8 Å². The molecule has 3 rings (SSSR count). The molecule has 1 aromatic carbocycles. The molecule has 130 valence electrons. The number of carbonyl (C=O) groups is 2. The van der Waals surface area contributed by atoms with Crippen LogP contribution in [0.25, 0.3) is 0 Å². The number of aryl methyl sites for hydroxylation is 1. The van der Waals surface area contributed by atoms with Gasteiger partial charge in [-0.1, -0.05) is 18.2 Å². The number of benzene rings is 1. The fourth-order valence-corrected chi connectivity index (χ4v) is 2.78. The maximum atomic E-state index is 12.6. The minimum atomic E-state index is -0.269. The molecule has 1 fully saturated rings. The Morgan fingerprint density at radius 2 is 1.72 bits per heavy atom. The molecule has 1 aliphatic rings. The van der Waals surface area contributed by atoms with E-state index in [1.165, 1.54) is 12.4 Å². The number of nitrogens with one attached hydrogen (secondary N) is 1. The molecule has 0 saturated carbocycles. The predicted molar refractivity (Wildman–Crippen MR) is 96.8 cm³/mol. The fraction of sp³-hybridized carbons (Fsp3) is 0.316. The van der Waals surface area contributed by atoms with Crippen molar-refractivity contribution in [1.29, 1.82) is 0 Å². The Balaban J connectivity index is 1.73. The Kier molecular flexibility index (Phi) is 5.09. The highest BCUT2D eigenvalue weighted by atomic mass is 16.2. The van der Waals surface area contributed by atoms with Crippen LogP contribution in [-0.2, 0) is 0 Å². The lowest BCUT2D eigenvalue weighted by Gasteiger charge is -2.32. The van der Waals surface area contributed by atoms with E-state index in [1.807, 2.05) is 38.2 Å². The zero-order valence-corrected chi connectivity index (χ0v) is 14.5. The predicted octanol–water partition coefficient (Wildman–Crippen LogP) is 2.03. The van der Waals surface area contributed by atoms with E-state index in [0.29, 0.717) is 24.2 Å². The maximum Gasteiger partial charge on any atom is 0.257 e. The summed E-state index contributed by atoms with van der Waals surface area (Å²) in [6, 6.07) is 9.18. The van der Waals surface area contributed by atoms with Gasteiger partial charge in [-0.05, 0) is 31.7 Å². The molecular formula is C19H22N4O2. The van der Waals surface area contributed by atoms with Gasteiger partial charge in [-0.3, -0.25) is 14.6 Å². The van der Waals surface area contributed by atoms with Crippen LogP contribution in [0.5, 0.6) is 0 Å². The summed E-state index contributed by atoms with van der Waals surface area (Å²) in [7, 11) is 2.04. The summed E-state index contributed by atoms with van der Waals surface area (Å²) < 4.78 is 0. The van der Waals surface area contributed by atoms with Crippen LogP contribution in [0.3, 0.4) is 0 Å². The summed E-state index contributed by atoms with van der Waals surface area (Å²) in [5, 5.41) is 2.87. The topological polar surface area (TPSA) is 65.5 Å². The number of amides is 2. The average Bonchev–Trinajstić information content (AvgIpc) is 2.64. The minimum Gasteiger partial charge on any atom is -0.336 e. The van der Waals surface area contributed by atoms with Gasteiger partial charge < -0.3 is 15.1 Å². The van der Waals surface area contributed by atoms with Crippen molar-refractivity contribution < 1.29 is 9.59 Å². The van der Waals surface area contributed by atoms with Crippen molar-refractivity contribution in [3.05, 3.63) is 59.4 Å². The number of nitrogens with zero attached hydrogens (tertiary/aromatic N) is 3. The quantitative estimate of drug-likeness (QED) is 0.930. The third-order valence-electron chi connectivity index (χ3n) is 4.43. The highest BCUT2D eigenvalue weighted by molar-refractivity contribution is 6.06. The van der Waals surface area contributed by atoms with Gasteiger partial charge in [0.1, 0.15) is 0 Å². The second-order valence-corrected chi connectivity index (χ2v) is 6.33. The molecule has 0 aliphatic carbocycles. The van der Waals surface area contributed by atoms with Crippen molar-refractivity contribution in [3.8, 4) is 0 Å². The smallest absolute Gasteiger partial charge is 0.257 e. The molecule has 0 bridgehead atoms. The van der Waals surface area contributed by atoms with E-state index in [0.717, 1.165) is 24.3 Å². The summed E-state index contributed by atoms with van der Waals surface area (Å²) in [6.45, 7) is 5.02. The summed E-state index contributed by atoms with van der Waals surface area (Å²) in [6.07, 6.45) is 3.00. The average molecular weight is 338 g/mol. The van der Waals surface area contributed by atoms with Crippen LogP contribution in [0.15, 0.2) is 42.7 Å². The lowest BCUT2D eigenvalue weighted by Crippen LogP contribution is -2.47. The molecule has 1 N–H and O–H groups in total. The molecule has 6 nitrogen and oxygen atoms in total. The monoisotopic (exact) mass is 338 g/mol. The van der Waals surface area contributed by atoms with Gasteiger partial charge in [0, 0.05) is 44.3 Å². The van der Waals surface area contributed by atoms with E-state index in [1.54, 1.807) is 11.0 Å². The van der Waals surface area contributed by atoms with Crippen molar-refractivity contribution in [2.24, 2.45) is 0 Å². The number of hydrogen-bond donors (Lipinski definition) is 1. The summed E-state index contributed by atoms with van der Waals surface area (Å²) >= 11 is 0. The number of carbonyl (C=O) groups excluding carboxylic acids is 2. The van der Waals surface area contributed by atoms with Gasteiger partial charge in [0.2, 0.25) is 0 Å². The number of para-hydroxylation sites is 1. The Hall–Kier alpha value is -2.73. The third-order valence-corrected chi connectivity index (χ3v) is 4.43. The maximum absolute atomic E-state index is 12.6. The molecular weight excluding hydrogens is 316 g/mol. The van der Waals surface area contributed by atoms with Gasteiger partial charge in [0.15, 0.2) is 0 Å². The van der Waals surface area contributed by atoms with E-state index in [2.05, 4.69) is 15.2 Å². The second-order valence-electron chi connectivity index (χ2n) is 6.33. The zero-order valence-electron chi connectivity index (χ0n) is 14.5. The Morgan fingerprint density at radius 1 is 1.04 bits per heavy atom. The highest BCUT2D eigenvalue weighted by Crippen LogP contribution is 2.15. The standard InChI is InChI=1S/C19H22N4O2/c1-14-5-3-4-6-17(14)21-18(24)15-11-16(13-20-12-15)19(25)23-9-7-22(2)8-10-23/h3-6,11-13H,7-10H2,1-2H3,(H,21,24). The van der Waals surface area contributed by atoms with E-state index >= 15 is 0 Å². The van der Waals surface area contributed by atoms with Crippen LogP contribution in [0.1, 0.15) is 26.3 Å². The first-order chi connectivity index (χ1) is 12.0. The van der Waals surface area contributed by atoms with Gasteiger partial charge >= 0.3 is 0 Å². The van der Waals surface area contributed by atoms with Crippen molar-refractivity contribution >= 4 is 17.5 Å². The number of likely N-dealkylation sites (N-methyl/N-ethyl adjacent to an activating group) is 1. The van der Waals surface area contributed by atoms with Crippen LogP contribution in [0, 0.1) is 6.92 Å². The van der Waals surface area contributed by atoms with Crippen LogP contribution in [0.2, 0.25) is 0 Å². The Morgan fingerprint density at radius 3 is 2.44 bits per heavy atom. The summed E-state index contributed by atoms with van der Waals surface area (Å²) in [4.78, 5) is 33.2. The van der Waals surface area contributed by atoms with Gasteiger partial charge in [-0.2, -0.15) is 0 Å². The number of piperazine rings is 1. The Labute approximate surface area is 147 Å². The first-order valence-electron chi connectivity index (χ1n) is 8.34. The first-order valence-corrected chi connectivity index (χ1v) is 8.34. The molecule has 1 aromatic heterocycles. The van der Waals surface area contributed by atoms with Crippen molar-refractivity contribution in [1.82, 2.24) is 14.8 Å². The molecule has 1 saturated heterocycles. The van der Waals surface area contributed by atoms with Gasteiger partial charge in [-0.15, -0.1) is 0 Å². The zero-order chi connectivity index (χ0) is 17.8. The molecule has 2 heterocycles. The van der Waals surface area contributed by atoms with E-state index < -0.39 is 0 Å². The fourth-order valence-electron chi connectivity index (χ4n) is 2.78. The summed E-state index contributed by atoms with van der Waals surface area (Å²) in [5.41, 5.74) is 2.56. The van der Waals surface area contributed by atoms with E-state index in [9.17, 15) is 9.59 Å². The number of aromatic nitrogens is 1. The molecule has 0 atom stereocenters. The van der Waals surface area contributed by atoms with Crippen molar-refractivity contribution in [2.75, 3.05) is 38.5 Å². The molecule has 2 aromatic rings. The largest absolute Gasteiger partial charge is 0.336 e. The van der Waals surface area contributed by atoms with Gasteiger partial charge in [0.05, 0.1) is 11.1 Å². The second kappa shape index (κ2) is 7.44. The van der Waals surface area contributed by atoms with Gasteiger partial charge in [-0.25, -0.2) is 0 Å². The number of rotatable bonds is 3. The number of anilines is 1.